The minimum Gasteiger partial charge on any atom is -0.481 e. The van der Waals surface area contributed by atoms with Gasteiger partial charge in [-0.15, -0.1) is 0 Å². The molecule has 3 nitrogen and oxygen atoms in total. The molecule has 1 radical (unpaired) electrons. The Labute approximate surface area is 73.2 Å². The Bertz CT molecular complexity index is 209. The molecule has 1 rings (SSSR count). The molecule has 0 spiro atoms. The second kappa shape index (κ2) is 2.46. The lowest BCUT2D eigenvalue weighted by molar-refractivity contribution is -0.143. The summed E-state index contributed by atoms with van der Waals surface area (Å²) in [5.41, 5.74) is -0.581. The largest absolute Gasteiger partial charge is 0.481 e. The molecule has 1 fully saturated rings. The van der Waals surface area contributed by atoms with Gasteiger partial charge in [0.25, 0.3) is 0 Å². The highest BCUT2D eigenvalue weighted by Gasteiger charge is 2.49. The molecule has 0 bridgehead atoms. The first-order valence-corrected chi connectivity index (χ1v) is 4.21. The molecule has 1 atom stereocenters. The van der Waals surface area contributed by atoms with Crippen molar-refractivity contribution in [2.45, 2.75) is 45.2 Å². The van der Waals surface area contributed by atoms with Crippen molar-refractivity contribution in [2.75, 3.05) is 0 Å². The summed E-state index contributed by atoms with van der Waals surface area (Å²) in [6.45, 7) is 7.75. The van der Waals surface area contributed by atoms with Crippen LogP contribution in [0.3, 0.4) is 0 Å². The predicted octanol–water partition coefficient (Wildman–Crippen LogP) is 1.25. The lowest BCUT2D eigenvalue weighted by Crippen LogP contribution is -2.40. The van der Waals surface area contributed by atoms with Crippen molar-refractivity contribution < 1.29 is 9.90 Å². The molecule has 0 saturated carbocycles. The zero-order valence-corrected chi connectivity index (χ0v) is 8.09. The Balaban J connectivity index is 2.85. The number of hydrogen-bond acceptors (Lipinski definition) is 1. The lowest BCUT2D eigenvalue weighted by atomic mass is 9.87. The predicted molar refractivity (Wildman–Crippen MR) is 46.0 cm³/mol. The standard InChI is InChI=1S/C9H16NO2/c1-8(2)5-6(7(11)12)9(3,4)10-8/h6H,5H2,1-4H3,(H,11,12). The quantitative estimate of drug-likeness (QED) is 0.644. The van der Waals surface area contributed by atoms with Crippen LogP contribution in [0.2, 0.25) is 0 Å². The fourth-order valence-electron chi connectivity index (χ4n) is 2.04. The Morgan fingerprint density at radius 3 is 2.08 bits per heavy atom. The number of carbonyl (C=O) groups is 1. The molecular formula is C9H16NO2. The molecule has 3 heteroatoms. The van der Waals surface area contributed by atoms with E-state index in [0.717, 1.165) is 0 Å². The van der Waals surface area contributed by atoms with E-state index in [1.165, 1.54) is 0 Å². The summed E-state index contributed by atoms with van der Waals surface area (Å²) in [6.07, 6.45) is 0.648. The van der Waals surface area contributed by atoms with Gasteiger partial charge in [-0.25, -0.2) is 5.32 Å². The third-order valence-corrected chi connectivity index (χ3v) is 2.45. The molecule has 0 amide bonds. The molecule has 12 heavy (non-hydrogen) atoms. The van der Waals surface area contributed by atoms with Gasteiger partial charge in [-0.1, -0.05) is 0 Å². The molecule has 1 N–H and O–H groups in total. The molecule has 69 valence electrons. The van der Waals surface area contributed by atoms with Crippen LogP contribution in [0.25, 0.3) is 0 Å². The Morgan fingerprint density at radius 1 is 1.42 bits per heavy atom. The summed E-state index contributed by atoms with van der Waals surface area (Å²) in [6, 6.07) is 0. The van der Waals surface area contributed by atoms with Crippen LogP contribution in [-0.4, -0.2) is 22.2 Å². The molecule has 0 aromatic rings. The van der Waals surface area contributed by atoms with Crippen LogP contribution in [-0.2, 0) is 4.79 Å². The Morgan fingerprint density at radius 2 is 1.92 bits per heavy atom. The fraction of sp³-hybridized carbons (Fsp3) is 0.889. The minimum atomic E-state index is -0.727. The van der Waals surface area contributed by atoms with Crippen LogP contribution in [0, 0.1) is 5.92 Å². The second-order valence-electron chi connectivity index (χ2n) is 4.67. The van der Waals surface area contributed by atoms with Gasteiger partial charge >= 0.3 is 5.97 Å². The van der Waals surface area contributed by atoms with E-state index in [0.29, 0.717) is 6.42 Å². The van der Waals surface area contributed by atoms with Crippen molar-refractivity contribution in [2.24, 2.45) is 5.92 Å². The number of carboxylic acids is 1. The highest BCUT2D eigenvalue weighted by molar-refractivity contribution is 5.72. The topological polar surface area (TPSA) is 51.4 Å². The molecule has 1 aliphatic heterocycles. The number of carboxylic acid groups (broad SMARTS) is 1. The highest BCUT2D eigenvalue weighted by Crippen LogP contribution is 2.37. The van der Waals surface area contributed by atoms with E-state index >= 15 is 0 Å². The molecule has 1 aliphatic rings. The smallest absolute Gasteiger partial charge is 0.308 e. The molecule has 1 heterocycles. The van der Waals surface area contributed by atoms with Crippen molar-refractivity contribution in [1.82, 2.24) is 5.32 Å². The van der Waals surface area contributed by atoms with Gasteiger partial charge in [0.15, 0.2) is 0 Å². The Hall–Kier alpha value is -0.570. The first-order chi connectivity index (χ1) is 5.25. The van der Waals surface area contributed by atoms with Crippen LogP contribution in [0.15, 0.2) is 0 Å². The maximum atomic E-state index is 10.8. The van der Waals surface area contributed by atoms with E-state index in [-0.39, 0.29) is 11.5 Å². The summed E-state index contributed by atoms with van der Waals surface area (Å²) in [5, 5.41) is 13.4. The van der Waals surface area contributed by atoms with Crippen molar-refractivity contribution in [1.29, 1.82) is 0 Å². The van der Waals surface area contributed by atoms with Crippen molar-refractivity contribution >= 4 is 5.97 Å². The zero-order valence-electron chi connectivity index (χ0n) is 8.09. The number of hydrogen-bond donors (Lipinski definition) is 1. The number of rotatable bonds is 1. The van der Waals surface area contributed by atoms with Crippen LogP contribution in [0.5, 0.6) is 0 Å². The van der Waals surface area contributed by atoms with Gasteiger partial charge in [0.1, 0.15) is 0 Å². The molecule has 0 aromatic heterocycles. The van der Waals surface area contributed by atoms with Crippen LogP contribution < -0.4 is 5.32 Å². The van der Waals surface area contributed by atoms with E-state index in [2.05, 4.69) is 5.32 Å². The maximum Gasteiger partial charge on any atom is 0.308 e. The van der Waals surface area contributed by atoms with Crippen molar-refractivity contribution in [3.8, 4) is 0 Å². The monoisotopic (exact) mass is 170 g/mol. The van der Waals surface area contributed by atoms with Gasteiger partial charge < -0.3 is 5.11 Å². The first-order valence-electron chi connectivity index (χ1n) is 4.21. The van der Waals surface area contributed by atoms with Gasteiger partial charge in [0, 0.05) is 11.1 Å². The maximum absolute atomic E-state index is 10.8. The molecule has 1 unspecified atom stereocenters. The van der Waals surface area contributed by atoms with Gasteiger partial charge in [-0.3, -0.25) is 4.79 Å². The van der Waals surface area contributed by atoms with E-state index in [9.17, 15) is 4.79 Å². The normalized spacial score (nSPS) is 31.8. The van der Waals surface area contributed by atoms with E-state index in [1.807, 2.05) is 27.7 Å². The van der Waals surface area contributed by atoms with Crippen molar-refractivity contribution in [3.05, 3.63) is 0 Å². The van der Waals surface area contributed by atoms with Gasteiger partial charge in [-0.2, -0.15) is 0 Å². The summed E-state index contributed by atoms with van der Waals surface area (Å²) in [7, 11) is 0. The lowest BCUT2D eigenvalue weighted by Gasteiger charge is -2.23. The summed E-state index contributed by atoms with van der Waals surface area (Å²) in [5.74, 6) is -1.05. The minimum absolute atomic E-state index is 0.174. The van der Waals surface area contributed by atoms with E-state index in [1.54, 1.807) is 0 Å². The molecule has 0 aromatic carbocycles. The molecular weight excluding hydrogens is 154 g/mol. The summed E-state index contributed by atoms with van der Waals surface area (Å²) in [4.78, 5) is 10.8. The Kier molecular flexibility index (Phi) is 1.95. The van der Waals surface area contributed by atoms with Crippen LogP contribution in [0.4, 0.5) is 0 Å². The SMILES string of the molecule is CC1(C)CC(C(=O)O)C(C)(C)[N]1. The van der Waals surface area contributed by atoms with Crippen LogP contribution in [0.1, 0.15) is 34.1 Å². The summed E-state index contributed by atoms with van der Waals surface area (Å²) < 4.78 is 0. The first kappa shape index (κ1) is 9.52. The molecule has 0 aliphatic carbocycles. The van der Waals surface area contributed by atoms with Gasteiger partial charge in [0.2, 0.25) is 0 Å². The average Bonchev–Trinajstić information content (AvgIpc) is 1.99. The fourth-order valence-corrected chi connectivity index (χ4v) is 2.04. The molecule has 1 saturated heterocycles. The second-order valence-corrected chi connectivity index (χ2v) is 4.67. The van der Waals surface area contributed by atoms with Crippen LogP contribution >= 0.6 is 0 Å². The third-order valence-electron chi connectivity index (χ3n) is 2.45. The number of nitrogens with zero attached hydrogens (tertiary/aromatic N) is 1. The third kappa shape index (κ3) is 1.61. The van der Waals surface area contributed by atoms with E-state index in [4.69, 9.17) is 5.11 Å². The van der Waals surface area contributed by atoms with Gasteiger partial charge in [0.05, 0.1) is 5.92 Å². The van der Waals surface area contributed by atoms with Gasteiger partial charge in [-0.05, 0) is 34.1 Å². The zero-order chi connectivity index (χ0) is 9.57. The van der Waals surface area contributed by atoms with E-state index < -0.39 is 11.5 Å². The van der Waals surface area contributed by atoms with Crippen molar-refractivity contribution in [3.63, 3.8) is 0 Å². The highest BCUT2D eigenvalue weighted by atomic mass is 16.4. The average molecular weight is 170 g/mol. The summed E-state index contributed by atoms with van der Waals surface area (Å²) >= 11 is 0. The number of aliphatic carboxylic acids is 1.